The fraction of sp³-hybridized carbons (Fsp3) is 0.619. The van der Waals surface area contributed by atoms with E-state index in [0.717, 1.165) is 25.1 Å². The van der Waals surface area contributed by atoms with Crippen molar-refractivity contribution in [3.05, 3.63) is 29.8 Å². The molecule has 0 bridgehead atoms. The number of para-hydroxylation sites is 1. The molecule has 0 aromatic heterocycles. The van der Waals surface area contributed by atoms with Gasteiger partial charge in [0.15, 0.2) is 0 Å². The van der Waals surface area contributed by atoms with E-state index in [9.17, 15) is 9.59 Å². The predicted molar refractivity (Wildman–Crippen MR) is 111 cm³/mol. The van der Waals surface area contributed by atoms with Crippen LogP contribution in [0, 0.1) is 11.8 Å². The first-order valence-corrected chi connectivity index (χ1v) is 9.86. The van der Waals surface area contributed by atoms with Crippen LogP contribution in [0.2, 0.25) is 0 Å². The lowest BCUT2D eigenvalue weighted by molar-refractivity contribution is -0.136. The summed E-state index contributed by atoms with van der Waals surface area (Å²) in [5, 5.41) is 0. The minimum absolute atomic E-state index is 0. The summed E-state index contributed by atoms with van der Waals surface area (Å²) in [5.41, 5.74) is 7.95. The van der Waals surface area contributed by atoms with E-state index < -0.39 is 0 Å². The molecule has 2 amide bonds. The van der Waals surface area contributed by atoms with Crippen molar-refractivity contribution in [2.45, 2.75) is 52.0 Å². The third kappa shape index (κ3) is 4.30. The van der Waals surface area contributed by atoms with Crippen LogP contribution in [0.25, 0.3) is 0 Å². The van der Waals surface area contributed by atoms with Gasteiger partial charge in [-0.05, 0) is 49.8 Å². The molecule has 27 heavy (non-hydrogen) atoms. The highest BCUT2D eigenvalue weighted by Gasteiger charge is 2.41. The minimum atomic E-state index is -0.244. The fourth-order valence-electron chi connectivity index (χ4n) is 4.33. The van der Waals surface area contributed by atoms with Gasteiger partial charge >= 0.3 is 0 Å². The Morgan fingerprint density at radius 2 is 2.00 bits per heavy atom. The highest BCUT2D eigenvalue weighted by Crippen LogP contribution is 2.35. The second kappa shape index (κ2) is 9.07. The Kier molecular flexibility index (Phi) is 7.29. The van der Waals surface area contributed by atoms with Crippen LogP contribution in [-0.4, -0.2) is 42.4 Å². The van der Waals surface area contributed by atoms with Gasteiger partial charge in [-0.15, -0.1) is 12.4 Å². The van der Waals surface area contributed by atoms with E-state index in [1.54, 1.807) is 0 Å². The Balaban J connectivity index is 0.00000261. The number of benzene rings is 1. The van der Waals surface area contributed by atoms with Crippen LogP contribution in [0.15, 0.2) is 24.3 Å². The molecule has 2 N–H and O–H groups in total. The van der Waals surface area contributed by atoms with Gasteiger partial charge in [0.2, 0.25) is 11.8 Å². The predicted octanol–water partition coefficient (Wildman–Crippen LogP) is 3.17. The maximum atomic E-state index is 13.0. The van der Waals surface area contributed by atoms with Crippen molar-refractivity contribution in [1.29, 1.82) is 0 Å². The van der Waals surface area contributed by atoms with E-state index >= 15 is 0 Å². The molecule has 2 saturated heterocycles. The summed E-state index contributed by atoms with van der Waals surface area (Å²) in [5.74, 6) is 0.698. The van der Waals surface area contributed by atoms with E-state index in [1.807, 2.05) is 28.0 Å². The number of anilines is 1. The van der Waals surface area contributed by atoms with Crippen LogP contribution in [0.3, 0.4) is 0 Å². The van der Waals surface area contributed by atoms with E-state index in [4.69, 9.17) is 5.73 Å². The molecule has 2 heterocycles. The number of carbonyl (C=O) groups is 2. The van der Waals surface area contributed by atoms with Crippen molar-refractivity contribution in [3.63, 3.8) is 0 Å². The molecule has 2 aliphatic rings. The van der Waals surface area contributed by atoms with Crippen LogP contribution < -0.4 is 10.6 Å². The number of rotatable bonds is 5. The number of likely N-dealkylation sites (tertiary alicyclic amines) is 1. The summed E-state index contributed by atoms with van der Waals surface area (Å²) < 4.78 is 0. The van der Waals surface area contributed by atoms with Crippen molar-refractivity contribution in [2.75, 3.05) is 24.5 Å². The molecule has 4 atom stereocenters. The van der Waals surface area contributed by atoms with Crippen molar-refractivity contribution < 1.29 is 9.59 Å². The quantitative estimate of drug-likeness (QED) is 0.835. The third-order valence-corrected chi connectivity index (χ3v) is 6.12. The van der Waals surface area contributed by atoms with E-state index in [-0.39, 0.29) is 36.2 Å². The Hall–Kier alpha value is -1.59. The molecule has 4 unspecified atom stereocenters. The zero-order valence-electron chi connectivity index (χ0n) is 16.6. The van der Waals surface area contributed by atoms with Gasteiger partial charge in [-0.1, -0.05) is 32.0 Å². The lowest BCUT2D eigenvalue weighted by atomic mass is 9.96. The van der Waals surface area contributed by atoms with Crippen molar-refractivity contribution in [2.24, 2.45) is 17.6 Å². The number of nitrogens with zero attached hydrogens (tertiary/aromatic N) is 2. The average molecular weight is 394 g/mol. The van der Waals surface area contributed by atoms with Crippen LogP contribution in [-0.2, 0) is 9.59 Å². The zero-order valence-corrected chi connectivity index (χ0v) is 17.4. The first-order valence-electron chi connectivity index (χ1n) is 9.86. The monoisotopic (exact) mass is 393 g/mol. The summed E-state index contributed by atoms with van der Waals surface area (Å²) in [6, 6.07) is 8.31. The second-order valence-corrected chi connectivity index (χ2v) is 7.95. The van der Waals surface area contributed by atoms with Gasteiger partial charge in [-0.2, -0.15) is 0 Å². The highest BCUT2D eigenvalue weighted by atomic mass is 35.5. The number of nitrogens with two attached hydrogens (primary N) is 1. The van der Waals surface area contributed by atoms with Gasteiger partial charge in [0.1, 0.15) is 0 Å². The SMILES string of the molecule is CCC(C)c1ccccc1N1CC(C(=O)N2CC(CN)CC2C)CC1=O.Cl. The lowest BCUT2D eigenvalue weighted by Gasteiger charge is -2.26. The number of hydrogen-bond acceptors (Lipinski definition) is 3. The lowest BCUT2D eigenvalue weighted by Crippen LogP contribution is -2.40. The van der Waals surface area contributed by atoms with Gasteiger partial charge in [0.25, 0.3) is 0 Å². The topological polar surface area (TPSA) is 66.6 Å². The molecule has 0 radical (unpaired) electrons. The molecule has 0 aliphatic carbocycles. The molecule has 2 aliphatic heterocycles. The zero-order chi connectivity index (χ0) is 18.8. The molecule has 0 saturated carbocycles. The summed E-state index contributed by atoms with van der Waals surface area (Å²) in [6.07, 6.45) is 2.29. The normalized spacial score (nSPS) is 26.2. The fourth-order valence-corrected chi connectivity index (χ4v) is 4.33. The van der Waals surface area contributed by atoms with E-state index in [2.05, 4.69) is 26.8 Å². The van der Waals surface area contributed by atoms with Gasteiger partial charge in [0.05, 0.1) is 5.92 Å². The van der Waals surface area contributed by atoms with Gasteiger partial charge < -0.3 is 15.5 Å². The van der Waals surface area contributed by atoms with Gasteiger partial charge in [-0.3, -0.25) is 9.59 Å². The molecule has 5 nitrogen and oxygen atoms in total. The molecule has 150 valence electrons. The number of halogens is 1. The molecule has 2 fully saturated rings. The molecule has 0 spiro atoms. The molecule has 1 aromatic carbocycles. The minimum Gasteiger partial charge on any atom is -0.339 e. The number of hydrogen-bond donors (Lipinski definition) is 1. The van der Waals surface area contributed by atoms with Crippen LogP contribution in [0.4, 0.5) is 5.69 Å². The Morgan fingerprint density at radius 3 is 2.63 bits per heavy atom. The van der Waals surface area contributed by atoms with Crippen LogP contribution in [0.1, 0.15) is 51.5 Å². The highest BCUT2D eigenvalue weighted by molar-refractivity contribution is 6.01. The molecule has 6 heteroatoms. The molecular weight excluding hydrogens is 362 g/mol. The first kappa shape index (κ1) is 21.7. The first-order chi connectivity index (χ1) is 12.5. The summed E-state index contributed by atoms with van der Waals surface area (Å²) in [6.45, 7) is 8.25. The Labute approximate surface area is 168 Å². The third-order valence-electron chi connectivity index (χ3n) is 6.12. The standard InChI is InChI=1S/C21H31N3O2.ClH/c1-4-14(2)18-7-5-6-8-19(18)24-13-17(10-20(24)25)21(26)23-12-16(11-22)9-15(23)3;/h5-8,14-17H,4,9-13,22H2,1-3H3;1H. The van der Waals surface area contributed by atoms with Crippen molar-refractivity contribution in [1.82, 2.24) is 4.90 Å². The maximum absolute atomic E-state index is 13.0. The maximum Gasteiger partial charge on any atom is 0.228 e. The molecule has 3 rings (SSSR count). The van der Waals surface area contributed by atoms with E-state index in [1.165, 1.54) is 5.56 Å². The second-order valence-electron chi connectivity index (χ2n) is 7.95. The number of amides is 2. The van der Waals surface area contributed by atoms with Crippen molar-refractivity contribution >= 4 is 29.9 Å². The smallest absolute Gasteiger partial charge is 0.228 e. The molecular formula is C21H32ClN3O2. The van der Waals surface area contributed by atoms with E-state index in [0.29, 0.717) is 31.3 Å². The van der Waals surface area contributed by atoms with Crippen LogP contribution in [0.5, 0.6) is 0 Å². The van der Waals surface area contributed by atoms with Gasteiger partial charge in [-0.25, -0.2) is 0 Å². The average Bonchev–Trinajstić information content (AvgIpc) is 3.23. The van der Waals surface area contributed by atoms with Crippen molar-refractivity contribution in [3.8, 4) is 0 Å². The Morgan fingerprint density at radius 1 is 1.30 bits per heavy atom. The van der Waals surface area contributed by atoms with Crippen LogP contribution >= 0.6 is 12.4 Å². The summed E-state index contributed by atoms with van der Waals surface area (Å²) in [7, 11) is 0. The summed E-state index contributed by atoms with van der Waals surface area (Å²) >= 11 is 0. The largest absolute Gasteiger partial charge is 0.339 e. The number of carbonyl (C=O) groups excluding carboxylic acids is 2. The van der Waals surface area contributed by atoms with Gasteiger partial charge in [0, 0.05) is 31.2 Å². The summed E-state index contributed by atoms with van der Waals surface area (Å²) in [4.78, 5) is 29.5. The molecule has 1 aromatic rings. The Bertz CT molecular complexity index is 681.